The fourth-order valence-corrected chi connectivity index (χ4v) is 5.36. The van der Waals surface area contributed by atoms with Crippen LogP contribution in [0.15, 0.2) is 49.1 Å². The molecule has 0 amide bonds. The summed E-state index contributed by atoms with van der Waals surface area (Å²) in [5.74, 6) is 0.793. The summed E-state index contributed by atoms with van der Waals surface area (Å²) in [4.78, 5) is 23.3. The Labute approximate surface area is 192 Å². The van der Waals surface area contributed by atoms with Crippen molar-refractivity contribution in [2.24, 2.45) is 0 Å². The largest absolute Gasteiger partial charge is 0.386 e. The Bertz CT molecular complexity index is 1280. The molecule has 4 heterocycles. The van der Waals surface area contributed by atoms with Gasteiger partial charge in [0.2, 0.25) is 0 Å². The summed E-state index contributed by atoms with van der Waals surface area (Å²) in [5.41, 5.74) is 3.69. The lowest BCUT2D eigenvalue weighted by Gasteiger charge is -2.34. The number of aliphatic hydroxyl groups excluding tert-OH is 1. The van der Waals surface area contributed by atoms with Gasteiger partial charge in [0.25, 0.3) is 0 Å². The topological polar surface area (TPSA) is 84.4 Å². The van der Waals surface area contributed by atoms with E-state index in [1.807, 2.05) is 6.07 Å². The van der Waals surface area contributed by atoms with E-state index >= 15 is 0 Å². The van der Waals surface area contributed by atoms with Gasteiger partial charge in [0.05, 0.1) is 18.5 Å². The van der Waals surface area contributed by atoms with Crippen molar-refractivity contribution in [2.75, 3.05) is 49.6 Å². The molecule has 0 bridgehead atoms. The van der Waals surface area contributed by atoms with E-state index in [2.05, 4.69) is 72.0 Å². The van der Waals surface area contributed by atoms with E-state index < -0.39 is 6.10 Å². The van der Waals surface area contributed by atoms with Crippen LogP contribution in [-0.4, -0.2) is 75.8 Å². The Morgan fingerprint density at radius 2 is 1.91 bits per heavy atom. The number of benzene rings is 2. The number of piperazine rings is 1. The molecule has 4 aromatic rings. The number of fused-ring (bicyclic) bond motifs is 2. The molecular weight excluding hydrogens is 414 g/mol. The molecule has 2 aliphatic rings. The lowest BCUT2D eigenvalue weighted by Crippen LogP contribution is -2.44. The molecule has 0 radical (unpaired) electrons. The fourth-order valence-electron chi connectivity index (χ4n) is 5.36. The first-order chi connectivity index (χ1) is 16.2. The van der Waals surface area contributed by atoms with E-state index in [1.165, 1.54) is 5.69 Å². The van der Waals surface area contributed by atoms with Crippen LogP contribution >= 0.6 is 0 Å². The molecule has 6 rings (SSSR count). The number of nitrogens with zero attached hydrogens (tertiary/aromatic N) is 6. The van der Waals surface area contributed by atoms with Crippen molar-refractivity contribution in [1.82, 2.24) is 24.8 Å². The van der Waals surface area contributed by atoms with Crippen molar-refractivity contribution < 1.29 is 5.11 Å². The first-order valence-electron chi connectivity index (χ1n) is 11.7. The molecule has 8 heteroatoms. The van der Waals surface area contributed by atoms with E-state index in [-0.39, 0.29) is 6.04 Å². The summed E-state index contributed by atoms with van der Waals surface area (Å²) in [6.07, 6.45) is 4.51. The van der Waals surface area contributed by atoms with Gasteiger partial charge in [0.1, 0.15) is 11.8 Å². The first kappa shape index (κ1) is 20.4. The summed E-state index contributed by atoms with van der Waals surface area (Å²) >= 11 is 0. The van der Waals surface area contributed by atoms with Gasteiger partial charge in [-0.1, -0.05) is 24.3 Å². The molecule has 170 valence electrons. The zero-order valence-corrected chi connectivity index (χ0v) is 18.9. The van der Waals surface area contributed by atoms with Crippen LogP contribution in [0.5, 0.6) is 0 Å². The molecule has 2 fully saturated rings. The fraction of sp³-hybridized carbons (Fsp3) is 0.400. The van der Waals surface area contributed by atoms with Gasteiger partial charge in [0, 0.05) is 38.4 Å². The number of nitrogens with one attached hydrogen (secondary N) is 1. The van der Waals surface area contributed by atoms with Gasteiger partial charge in [0.15, 0.2) is 11.5 Å². The average Bonchev–Trinajstić information content (AvgIpc) is 3.53. The minimum absolute atomic E-state index is 0.0577. The highest BCUT2D eigenvalue weighted by atomic mass is 16.3. The number of imidazole rings is 1. The third-order valence-corrected chi connectivity index (χ3v) is 7.22. The maximum absolute atomic E-state index is 11.7. The summed E-state index contributed by atoms with van der Waals surface area (Å²) in [5, 5.41) is 14.0. The molecule has 2 aliphatic heterocycles. The number of aromatic nitrogens is 4. The summed E-state index contributed by atoms with van der Waals surface area (Å²) in [7, 11) is 2.17. The van der Waals surface area contributed by atoms with Crippen LogP contribution < -0.4 is 9.80 Å². The van der Waals surface area contributed by atoms with Crippen molar-refractivity contribution in [3.05, 3.63) is 54.6 Å². The van der Waals surface area contributed by atoms with E-state index in [9.17, 15) is 5.11 Å². The van der Waals surface area contributed by atoms with Crippen LogP contribution in [0.1, 0.15) is 24.5 Å². The normalized spacial score (nSPS) is 20.7. The number of likely N-dealkylation sites (N-methyl/N-ethyl adjacent to an activating group) is 1. The highest BCUT2D eigenvalue weighted by Gasteiger charge is 2.34. The maximum atomic E-state index is 11.7. The van der Waals surface area contributed by atoms with Gasteiger partial charge in [-0.25, -0.2) is 15.0 Å². The maximum Gasteiger partial charge on any atom is 0.162 e. The molecule has 2 saturated heterocycles. The Balaban J connectivity index is 1.36. The quantitative estimate of drug-likeness (QED) is 0.502. The zero-order valence-electron chi connectivity index (χ0n) is 18.9. The smallest absolute Gasteiger partial charge is 0.162 e. The molecule has 8 nitrogen and oxygen atoms in total. The Kier molecular flexibility index (Phi) is 5.11. The molecule has 0 spiro atoms. The van der Waals surface area contributed by atoms with Crippen LogP contribution in [0, 0.1) is 0 Å². The number of aliphatic hydroxyl groups is 1. The molecule has 33 heavy (non-hydrogen) atoms. The summed E-state index contributed by atoms with van der Waals surface area (Å²) in [6.45, 7) is 5.03. The number of aromatic amines is 1. The SMILES string of the molecule is CN1CCN(c2ccc3cccc(C(O)[C@H]4CCCN4c4ncnc5[nH]cnc45)c3c2)CC1. The summed E-state index contributed by atoms with van der Waals surface area (Å²) in [6, 6.07) is 12.8. The number of rotatable bonds is 4. The lowest BCUT2D eigenvalue weighted by atomic mass is 9.94. The van der Waals surface area contributed by atoms with Gasteiger partial charge in [-0.2, -0.15) is 0 Å². The number of hydrogen-bond acceptors (Lipinski definition) is 7. The Morgan fingerprint density at radius 1 is 1.03 bits per heavy atom. The highest BCUT2D eigenvalue weighted by Crippen LogP contribution is 2.37. The van der Waals surface area contributed by atoms with Gasteiger partial charge in [-0.3, -0.25) is 0 Å². The predicted octanol–water partition coefficient (Wildman–Crippen LogP) is 2.96. The van der Waals surface area contributed by atoms with E-state index in [4.69, 9.17) is 0 Å². The molecule has 0 aliphatic carbocycles. The standard InChI is InChI=1S/C25H29N7O/c1-30-10-12-31(13-11-30)18-8-7-17-4-2-5-19(20(17)14-18)23(33)21-6-3-9-32(21)25-22-24(27-15-26-22)28-16-29-25/h2,4-5,7-8,14-16,21,23,33H,3,6,9-13H2,1H3,(H,26,27,28,29)/t21-,23?/m1/s1. The first-order valence-corrected chi connectivity index (χ1v) is 11.7. The van der Waals surface area contributed by atoms with Gasteiger partial charge in [-0.05, 0) is 48.4 Å². The van der Waals surface area contributed by atoms with Gasteiger partial charge < -0.3 is 24.8 Å². The predicted molar refractivity (Wildman–Crippen MR) is 131 cm³/mol. The third-order valence-electron chi connectivity index (χ3n) is 7.22. The second-order valence-corrected chi connectivity index (χ2v) is 9.19. The molecule has 0 saturated carbocycles. The molecule has 2 atom stereocenters. The van der Waals surface area contributed by atoms with Crippen LogP contribution in [0.4, 0.5) is 11.5 Å². The molecule has 2 aromatic carbocycles. The molecule has 2 N–H and O–H groups in total. The van der Waals surface area contributed by atoms with Gasteiger partial charge in [-0.15, -0.1) is 0 Å². The summed E-state index contributed by atoms with van der Waals surface area (Å²) < 4.78 is 0. The zero-order chi connectivity index (χ0) is 22.4. The van der Waals surface area contributed by atoms with Crippen molar-refractivity contribution in [2.45, 2.75) is 25.0 Å². The van der Waals surface area contributed by atoms with Crippen LogP contribution in [0.2, 0.25) is 0 Å². The second kappa shape index (κ2) is 8.28. The van der Waals surface area contributed by atoms with E-state index in [0.29, 0.717) is 0 Å². The minimum atomic E-state index is -0.622. The van der Waals surface area contributed by atoms with E-state index in [1.54, 1.807) is 12.7 Å². The Hall–Kier alpha value is -3.23. The van der Waals surface area contributed by atoms with Crippen LogP contribution in [0.3, 0.4) is 0 Å². The van der Waals surface area contributed by atoms with Crippen molar-refractivity contribution in [3.8, 4) is 0 Å². The second-order valence-electron chi connectivity index (χ2n) is 9.19. The van der Waals surface area contributed by atoms with Crippen molar-refractivity contribution in [3.63, 3.8) is 0 Å². The highest BCUT2D eigenvalue weighted by molar-refractivity contribution is 5.89. The van der Waals surface area contributed by atoms with E-state index in [0.717, 1.165) is 78.9 Å². The number of H-pyrrole nitrogens is 1. The monoisotopic (exact) mass is 443 g/mol. The van der Waals surface area contributed by atoms with Crippen molar-refractivity contribution >= 4 is 33.4 Å². The molecule has 1 unspecified atom stereocenters. The lowest BCUT2D eigenvalue weighted by molar-refractivity contribution is 0.148. The third kappa shape index (κ3) is 3.59. The van der Waals surface area contributed by atoms with Gasteiger partial charge >= 0.3 is 0 Å². The molecule has 2 aromatic heterocycles. The van der Waals surface area contributed by atoms with Crippen LogP contribution in [-0.2, 0) is 0 Å². The minimum Gasteiger partial charge on any atom is -0.386 e. The van der Waals surface area contributed by atoms with Crippen LogP contribution in [0.25, 0.3) is 21.9 Å². The number of anilines is 2. The molecular formula is C25H29N7O. The average molecular weight is 444 g/mol. The number of hydrogen-bond donors (Lipinski definition) is 2. The van der Waals surface area contributed by atoms with Crippen molar-refractivity contribution in [1.29, 1.82) is 0 Å². The Morgan fingerprint density at radius 3 is 2.79 bits per heavy atom.